The third kappa shape index (κ3) is 3.84. The zero-order valence-electron chi connectivity index (χ0n) is 9.51. The maximum Gasteiger partial charge on any atom is 0.146 e. The van der Waals surface area contributed by atoms with Crippen LogP contribution in [0, 0.1) is 5.82 Å². The van der Waals surface area contributed by atoms with E-state index in [2.05, 4.69) is 10.6 Å². The lowest BCUT2D eigenvalue weighted by molar-refractivity contribution is 0.0258. The maximum atomic E-state index is 13.4. The van der Waals surface area contributed by atoms with Gasteiger partial charge in [-0.3, -0.25) is 0 Å². The molecule has 94 valence electrons. The van der Waals surface area contributed by atoms with E-state index in [1.807, 2.05) is 0 Å². The molecule has 0 aromatic heterocycles. The van der Waals surface area contributed by atoms with Gasteiger partial charge < -0.3 is 15.4 Å². The van der Waals surface area contributed by atoms with Crippen molar-refractivity contribution in [2.45, 2.75) is 12.5 Å². The first-order chi connectivity index (χ1) is 8.25. The first-order valence-corrected chi connectivity index (χ1v) is 6.15. The summed E-state index contributed by atoms with van der Waals surface area (Å²) >= 11 is 5.80. The van der Waals surface area contributed by atoms with E-state index < -0.39 is 0 Å². The second-order valence-corrected chi connectivity index (χ2v) is 4.47. The quantitative estimate of drug-likeness (QED) is 0.869. The van der Waals surface area contributed by atoms with Crippen molar-refractivity contribution in [3.8, 4) is 0 Å². The number of anilines is 1. The summed E-state index contributed by atoms with van der Waals surface area (Å²) in [7, 11) is 0. The molecule has 17 heavy (non-hydrogen) atoms. The molecule has 3 nitrogen and oxygen atoms in total. The van der Waals surface area contributed by atoms with Gasteiger partial charge in [0.25, 0.3) is 0 Å². The van der Waals surface area contributed by atoms with Crippen molar-refractivity contribution in [2.24, 2.45) is 0 Å². The fraction of sp³-hybridized carbons (Fsp3) is 0.500. The third-order valence-corrected chi connectivity index (χ3v) is 2.95. The first-order valence-electron chi connectivity index (χ1n) is 5.77. The Balaban J connectivity index is 1.79. The van der Waals surface area contributed by atoms with Gasteiger partial charge in [-0.15, -0.1) is 0 Å². The van der Waals surface area contributed by atoms with Crippen LogP contribution >= 0.6 is 11.6 Å². The standard InChI is InChI=1S/C12H16ClFN2O/c13-9-1-2-11(14)12(7-9)16-4-3-10-8-15-5-6-17-10/h1-2,7,10,15-16H,3-6,8H2. The second kappa shape index (κ2) is 6.19. The van der Waals surface area contributed by atoms with Crippen LogP contribution in [0.1, 0.15) is 6.42 Å². The smallest absolute Gasteiger partial charge is 0.146 e. The largest absolute Gasteiger partial charge is 0.383 e. The van der Waals surface area contributed by atoms with Crippen molar-refractivity contribution in [2.75, 3.05) is 31.6 Å². The molecule has 2 N–H and O–H groups in total. The molecule has 1 saturated heterocycles. The average Bonchev–Trinajstić information content (AvgIpc) is 2.35. The summed E-state index contributed by atoms with van der Waals surface area (Å²) in [6, 6.07) is 4.50. The van der Waals surface area contributed by atoms with E-state index in [-0.39, 0.29) is 11.9 Å². The molecule has 0 amide bonds. The van der Waals surface area contributed by atoms with Gasteiger partial charge in [-0.25, -0.2) is 4.39 Å². The lowest BCUT2D eigenvalue weighted by Gasteiger charge is -2.23. The van der Waals surface area contributed by atoms with Crippen LogP contribution in [0.3, 0.4) is 0 Å². The number of morpholine rings is 1. The third-order valence-electron chi connectivity index (χ3n) is 2.71. The number of nitrogens with one attached hydrogen (secondary N) is 2. The van der Waals surface area contributed by atoms with Gasteiger partial charge in [0.1, 0.15) is 5.82 Å². The molecule has 0 aliphatic carbocycles. The maximum absolute atomic E-state index is 13.4. The average molecular weight is 259 g/mol. The number of hydrogen-bond acceptors (Lipinski definition) is 3. The van der Waals surface area contributed by atoms with Crippen LogP contribution in [0.4, 0.5) is 10.1 Å². The van der Waals surface area contributed by atoms with E-state index >= 15 is 0 Å². The van der Waals surface area contributed by atoms with Crippen LogP contribution in [0.25, 0.3) is 0 Å². The van der Waals surface area contributed by atoms with Gasteiger partial charge in [-0.2, -0.15) is 0 Å². The number of halogens is 2. The van der Waals surface area contributed by atoms with Crippen molar-refractivity contribution in [3.63, 3.8) is 0 Å². The minimum Gasteiger partial charge on any atom is -0.383 e. The Morgan fingerprint density at radius 1 is 1.53 bits per heavy atom. The Bertz CT molecular complexity index is 370. The summed E-state index contributed by atoms with van der Waals surface area (Å²) in [5, 5.41) is 6.82. The van der Waals surface area contributed by atoms with Crippen molar-refractivity contribution < 1.29 is 9.13 Å². The molecule has 0 radical (unpaired) electrons. The summed E-state index contributed by atoms with van der Waals surface area (Å²) in [5.74, 6) is -0.280. The molecule has 1 aromatic carbocycles. The van der Waals surface area contributed by atoms with Gasteiger partial charge in [0.05, 0.1) is 18.4 Å². The topological polar surface area (TPSA) is 33.3 Å². The highest BCUT2D eigenvalue weighted by Gasteiger charge is 2.12. The Labute approximate surface area is 105 Å². The van der Waals surface area contributed by atoms with E-state index in [0.717, 1.165) is 26.1 Å². The molecule has 1 aliphatic rings. The Morgan fingerprint density at radius 3 is 3.18 bits per heavy atom. The predicted molar refractivity (Wildman–Crippen MR) is 67.1 cm³/mol. The van der Waals surface area contributed by atoms with E-state index in [9.17, 15) is 4.39 Å². The zero-order valence-corrected chi connectivity index (χ0v) is 10.3. The van der Waals surface area contributed by atoms with Crippen LogP contribution in [0.2, 0.25) is 5.02 Å². The molecular weight excluding hydrogens is 243 g/mol. The van der Waals surface area contributed by atoms with E-state index in [1.54, 1.807) is 6.07 Å². The number of rotatable bonds is 4. The molecule has 1 unspecified atom stereocenters. The molecular formula is C12H16ClFN2O. The molecule has 1 fully saturated rings. The highest BCUT2D eigenvalue weighted by molar-refractivity contribution is 6.30. The van der Waals surface area contributed by atoms with Gasteiger partial charge in [0, 0.05) is 24.7 Å². The van der Waals surface area contributed by atoms with Gasteiger partial charge in [-0.1, -0.05) is 11.6 Å². The molecule has 1 aromatic rings. The summed E-state index contributed by atoms with van der Waals surface area (Å²) in [5.41, 5.74) is 0.446. The lowest BCUT2D eigenvalue weighted by Crippen LogP contribution is -2.39. The molecule has 1 aliphatic heterocycles. The minimum atomic E-state index is -0.280. The first kappa shape index (κ1) is 12.6. The summed E-state index contributed by atoms with van der Waals surface area (Å²) < 4.78 is 18.9. The highest BCUT2D eigenvalue weighted by atomic mass is 35.5. The highest BCUT2D eigenvalue weighted by Crippen LogP contribution is 2.19. The van der Waals surface area contributed by atoms with E-state index in [1.165, 1.54) is 12.1 Å². The van der Waals surface area contributed by atoms with Gasteiger partial charge in [0.15, 0.2) is 0 Å². The monoisotopic (exact) mass is 258 g/mol. The van der Waals surface area contributed by atoms with Crippen molar-refractivity contribution >= 4 is 17.3 Å². The SMILES string of the molecule is Fc1ccc(Cl)cc1NCCC1CNCCO1. The molecule has 0 bridgehead atoms. The van der Waals surface area contributed by atoms with Gasteiger partial charge in [0.2, 0.25) is 0 Å². The number of benzene rings is 1. The molecule has 1 atom stereocenters. The Kier molecular flexibility index (Phi) is 4.59. The minimum absolute atomic E-state index is 0.207. The van der Waals surface area contributed by atoms with Gasteiger partial charge in [-0.05, 0) is 24.6 Å². The van der Waals surface area contributed by atoms with Gasteiger partial charge >= 0.3 is 0 Å². The van der Waals surface area contributed by atoms with Crippen molar-refractivity contribution in [1.29, 1.82) is 0 Å². The van der Waals surface area contributed by atoms with Crippen LogP contribution in [0.15, 0.2) is 18.2 Å². The van der Waals surface area contributed by atoms with Crippen LogP contribution < -0.4 is 10.6 Å². The van der Waals surface area contributed by atoms with Crippen LogP contribution in [0.5, 0.6) is 0 Å². The normalized spacial score (nSPS) is 20.2. The van der Waals surface area contributed by atoms with E-state index in [0.29, 0.717) is 17.3 Å². The second-order valence-electron chi connectivity index (χ2n) is 4.04. The fourth-order valence-electron chi connectivity index (χ4n) is 1.81. The number of ether oxygens (including phenoxy) is 1. The van der Waals surface area contributed by atoms with Crippen LogP contribution in [-0.2, 0) is 4.74 Å². The Hall–Kier alpha value is -0.840. The lowest BCUT2D eigenvalue weighted by atomic mass is 10.2. The van der Waals surface area contributed by atoms with Crippen LogP contribution in [-0.4, -0.2) is 32.3 Å². The molecule has 1 heterocycles. The fourth-order valence-corrected chi connectivity index (χ4v) is 1.98. The van der Waals surface area contributed by atoms with E-state index in [4.69, 9.17) is 16.3 Å². The molecule has 2 rings (SSSR count). The summed E-state index contributed by atoms with van der Waals surface area (Å²) in [4.78, 5) is 0. The summed E-state index contributed by atoms with van der Waals surface area (Å²) in [6.45, 7) is 3.19. The molecule has 0 spiro atoms. The Morgan fingerprint density at radius 2 is 2.41 bits per heavy atom. The molecule has 5 heteroatoms. The molecule has 0 saturated carbocycles. The summed E-state index contributed by atoms with van der Waals surface area (Å²) in [6.07, 6.45) is 1.05. The van der Waals surface area contributed by atoms with Crippen molar-refractivity contribution in [1.82, 2.24) is 5.32 Å². The number of hydrogen-bond donors (Lipinski definition) is 2. The van der Waals surface area contributed by atoms with Crippen molar-refractivity contribution in [3.05, 3.63) is 29.0 Å². The zero-order chi connectivity index (χ0) is 12.1. The predicted octanol–water partition coefficient (Wildman–Crippen LogP) is 2.27.